The number of benzene rings is 7. The van der Waals surface area contributed by atoms with E-state index in [1.54, 1.807) is 0 Å². The van der Waals surface area contributed by atoms with Gasteiger partial charge in [-0.15, -0.1) is 0 Å². The molecule has 0 N–H and O–H groups in total. The molecule has 0 atom stereocenters. The van der Waals surface area contributed by atoms with Crippen LogP contribution < -0.4 is 0 Å². The SMILES string of the molecule is c1ccc(-c2nc(-c3cc4ccc5ccccc5c4c4c3oc3ccccc34)nc(-c3cccc4oc5ccccc5c34)n2)cc1. The van der Waals surface area contributed by atoms with E-state index in [2.05, 4.69) is 66.7 Å². The lowest BCUT2D eigenvalue weighted by atomic mass is 9.95. The highest BCUT2D eigenvalue weighted by atomic mass is 16.3. The first-order chi connectivity index (χ1) is 22.8. The third-order valence-electron chi connectivity index (χ3n) is 8.90. The van der Waals surface area contributed by atoms with Crippen LogP contribution in [-0.2, 0) is 0 Å². The van der Waals surface area contributed by atoms with Gasteiger partial charge >= 0.3 is 0 Å². The Balaban J connectivity index is 1.33. The summed E-state index contributed by atoms with van der Waals surface area (Å²) in [5, 5.41) is 8.75. The summed E-state index contributed by atoms with van der Waals surface area (Å²) in [5.74, 6) is 1.71. The van der Waals surface area contributed by atoms with E-state index in [1.807, 2.05) is 72.8 Å². The lowest BCUT2D eigenvalue weighted by molar-refractivity contribution is 0.668. The summed E-state index contributed by atoms with van der Waals surface area (Å²) < 4.78 is 12.9. The quantitative estimate of drug-likeness (QED) is 0.192. The highest BCUT2D eigenvalue weighted by Gasteiger charge is 2.22. The highest BCUT2D eigenvalue weighted by Crippen LogP contribution is 2.43. The van der Waals surface area contributed by atoms with E-state index in [0.29, 0.717) is 17.5 Å². The van der Waals surface area contributed by atoms with Crippen molar-refractivity contribution in [3.63, 3.8) is 0 Å². The van der Waals surface area contributed by atoms with Gasteiger partial charge in [-0.25, -0.2) is 15.0 Å². The van der Waals surface area contributed by atoms with Crippen molar-refractivity contribution < 1.29 is 8.83 Å². The second-order valence-electron chi connectivity index (χ2n) is 11.6. The summed E-state index contributed by atoms with van der Waals surface area (Å²) in [6.45, 7) is 0. The number of rotatable bonds is 3. The van der Waals surface area contributed by atoms with Crippen LogP contribution in [0.5, 0.6) is 0 Å². The van der Waals surface area contributed by atoms with Crippen LogP contribution in [0.3, 0.4) is 0 Å². The molecule has 214 valence electrons. The van der Waals surface area contributed by atoms with Gasteiger partial charge in [0.25, 0.3) is 0 Å². The van der Waals surface area contributed by atoms with E-state index >= 15 is 0 Å². The van der Waals surface area contributed by atoms with Gasteiger partial charge in [0.15, 0.2) is 17.5 Å². The van der Waals surface area contributed by atoms with Crippen LogP contribution in [0.1, 0.15) is 0 Å². The van der Waals surface area contributed by atoms with Gasteiger partial charge in [-0.3, -0.25) is 0 Å². The van der Waals surface area contributed by atoms with Crippen LogP contribution in [0.4, 0.5) is 0 Å². The molecule has 7 aromatic carbocycles. The summed E-state index contributed by atoms with van der Waals surface area (Å²) >= 11 is 0. The first-order valence-corrected chi connectivity index (χ1v) is 15.3. The Morgan fingerprint density at radius 2 is 0.978 bits per heavy atom. The Morgan fingerprint density at radius 3 is 1.80 bits per heavy atom. The molecule has 0 fully saturated rings. The van der Waals surface area contributed by atoms with Crippen LogP contribution in [0, 0.1) is 0 Å². The van der Waals surface area contributed by atoms with Crippen LogP contribution in [0.2, 0.25) is 0 Å². The third-order valence-corrected chi connectivity index (χ3v) is 8.90. The summed E-state index contributed by atoms with van der Waals surface area (Å²) in [7, 11) is 0. The molecule has 0 aliphatic rings. The van der Waals surface area contributed by atoms with Crippen molar-refractivity contribution >= 4 is 65.4 Å². The topological polar surface area (TPSA) is 65.0 Å². The highest BCUT2D eigenvalue weighted by molar-refractivity contribution is 6.29. The van der Waals surface area contributed by atoms with Gasteiger partial charge in [-0.05, 0) is 40.4 Å². The Labute approximate surface area is 262 Å². The molecular weight excluding hydrogens is 566 g/mol. The molecule has 5 nitrogen and oxygen atoms in total. The van der Waals surface area contributed by atoms with Gasteiger partial charge in [-0.1, -0.05) is 115 Å². The lowest BCUT2D eigenvalue weighted by Crippen LogP contribution is -2.00. The van der Waals surface area contributed by atoms with Gasteiger partial charge in [0.2, 0.25) is 0 Å². The van der Waals surface area contributed by atoms with Gasteiger partial charge in [0.1, 0.15) is 22.3 Å². The fourth-order valence-corrected chi connectivity index (χ4v) is 6.85. The standard InChI is InChI=1S/C41H23N3O2/c1-2-12-25(13-3-1)39-42-40(30-17-10-20-34-36(30)28-15-6-8-18-32(28)45-34)44-41(43-39)31-23-26-22-21-24-11-4-5-14-27(24)35(26)37-29-16-7-9-19-33(29)46-38(31)37/h1-23H. The lowest BCUT2D eigenvalue weighted by Gasteiger charge is -2.12. The Bertz CT molecular complexity index is 2810. The molecule has 0 spiro atoms. The van der Waals surface area contributed by atoms with Gasteiger partial charge in [0, 0.05) is 38.1 Å². The molecule has 46 heavy (non-hydrogen) atoms. The van der Waals surface area contributed by atoms with Crippen molar-refractivity contribution in [1.82, 2.24) is 15.0 Å². The van der Waals surface area contributed by atoms with Crippen molar-refractivity contribution in [2.24, 2.45) is 0 Å². The number of furan rings is 2. The normalized spacial score (nSPS) is 11.9. The number of fused-ring (bicyclic) bond motifs is 10. The van der Waals surface area contributed by atoms with E-state index in [9.17, 15) is 0 Å². The molecule has 0 bridgehead atoms. The Morgan fingerprint density at radius 1 is 0.370 bits per heavy atom. The summed E-state index contributed by atoms with van der Waals surface area (Å²) in [4.78, 5) is 15.4. The molecule has 0 aliphatic carbocycles. The van der Waals surface area contributed by atoms with Crippen LogP contribution in [-0.4, -0.2) is 15.0 Å². The molecule has 0 radical (unpaired) electrons. The smallest absolute Gasteiger partial charge is 0.167 e. The Hall–Kier alpha value is -6.33. The number of nitrogens with zero attached hydrogens (tertiary/aromatic N) is 3. The maximum absolute atomic E-state index is 6.69. The van der Waals surface area contributed by atoms with E-state index in [0.717, 1.165) is 71.3 Å². The minimum Gasteiger partial charge on any atom is -0.456 e. The average Bonchev–Trinajstić information content (AvgIpc) is 3.70. The van der Waals surface area contributed by atoms with E-state index in [1.165, 1.54) is 10.8 Å². The van der Waals surface area contributed by atoms with Gasteiger partial charge in [-0.2, -0.15) is 0 Å². The summed E-state index contributed by atoms with van der Waals surface area (Å²) in [6.07, 6.45) is 0. The predicted molar refractivity (Wildman–Crippen MR) is 186 cm³/mol. The van der Waals surface area contributed by atoms with Crippen molar-refractivity contribution in [1.29, 1.82) is 0 Å². The first kappa shape index (κ1) is 25.0. The number of aromatic nitrogens is 3. The minimum atomic E-state index is 0.549. The molecule has 3 heterocycles. The van der Waals surface area contributed by atoms with E-state index < -0.39 is 0 Å². The van der Waals surface area contributed by atoms with Gasteiger partial charge in [0.05, 0.1) is 5.56 Å². The molecule has 5 heteroatoms. The van der Waals surface area contributed by atoms with Crippen molar-refractivity contribution in [3.05, 3.63) is 140 Å². The van der Waals surface area contributed by atoms with Crippen molar-refractivity contribution in [2.75, 3.05) is 0 Å². The van der Waals surface area contributed by atoms with Gasteiger partial charge < -0.3 is 8.83 Å². The molecule has 10 rings (SSSR count). The second-order valence-corrected chi connectivity index (χ2v) is 11.6. The van der Waals surface area contributed by atoms with Crippen molar-refractivity contribution in [3.8, 4) is 34.2 Å². The fraction of sp³-hybridized carbons (Fsp3) is 0. The fourth-order valence-electron chi connectivity index (χ4n) is 6.85. The summed E-state index contributed by atoms with van der Waals surface area (Å²) in [5.41, 5.74) is 5.81. The molecule has 3 aromatic heterocycles. The number of para-hydroxylation sites is 2. The Kier molecular flexibility index (Phi) is 5.22. The second kappa shape index (κ2) is 9.58. The third kappa shape index (κ3) is 3.66. The van der Waals surface area contributed by atoms with Crippen molar-refractivity contribution in [2.45, 2.75) is 0 Å². The molecule has 0 amide bonds. The zero-order valence-corrected chi connectivity index (χ0v) is 24.4. The first-order valence-electron chi connectivity index (χ1n) is 15.3. The largest absolute Gasteiger partial charge is 0.456 e. The zero-order valence-electron chi connectivity index (χ0n) is 24.4. The molecular formula is C41H23N3O2. The molecule has 0 aliphatic heterocycles. The van der Waals surface area contributed by atoms with Crippen LogP contribution in [0.25, 0.3) is 99.6 Å². The predicted octanol–water partition coefficient (Wildman–Crippen LogP) is 11.0. The van der Waals surface area contributed by atoms with E-state index in [-0.39, 0.29) is 0 Å². The molecule has 0 saturated carbocycles. The zero-order chi connectivity index (χ0) is 30.2. The monoisotopic (exact) mass is 589 g/mol. The molecule has 0 saturated heterocycles. The average molecular weight is 590 g/mol. The molecule has 0 unspecified atom stereocenters. The number of hydrogen-bond acceptors (Lipinski definition) is 5. The number of hydrogen-bond donors (Lipinski definition) is 0. The maximum Gasteiger partial charge on any atom is 0.167 e. The van der Waals surface area contributed by atoms with E-state index in [4.69, 9.17) is 23.8 Å². The minimum absolute atomic E-state index is 0.549. The van der Waals surface area contributed by atoms with Crippen LogP contribution in [0.15, 0.2) is 148 Å². The summed E-state index contributed by atoms with van der Waals surface area (Å²) in [6, 6.07) is 47.4. The maximum atomic E-state index is 6.69. The molecule has 10 aromatic rings. The van der Waals surface area contributed by atoms with Crippen LogP contribution >= 0.6 is 0 Å².